The topological polar surface area (TPSA) is 109 Å². The van der Waals surface area contributed by atoms with Crippen molar-refractivity contribution in [3.8, 4) is 11.5 Å². The molecule has 3 rings (SSSR count). The third kappa shape index (κ3) is 5.00. The number of carbonyl (C=O) groups is 1. The lowest BCUT2D eigenvalue weighted by molar-refractivity contribution is 0.104. The predicted octanol–water partition coefficient (Wildman–Crippen LogP) is 3.29. The number of hydrogen-bond donors (Lipinski definition) is 3. The van der Waals surface area contributed by atoms with E-state index in [2.05, 4.69) is 15.4 Å². The van der Waals surface area contributed by atoms with E-state index >= 15 is 0 Å². The number of aromatic nitrogens is 3. The Morgan fingerprint density at radius 3 is 2.73 bits per heavy atom. The highest BCUT2D eigenvalue weighted by Gasteiger charge is 2.05. The van der Waals surface area contributed by atoms with Gasteiger partial charge in [-0.1, -0.05) is 12.1 Å². The molecule has 0 atom stereocenters. The van der Waals surface area contributed by atoms with Crippen molar-refractivity contribution in [3.05, 3.63) is 80.5 Å². The second kappa shape index (κ2) is 9.19. The first-order valence-electron chi connectivity index (χ1n) is 8.99. The van der Waals surface area contributed by atoms with Crippen LogP contribution in [0.25, 0.3) is 6.08 Å². The summed E-state index contributed by atoms with van der Waals surface area (Å²) in [6, 6.07) is 11.8. The largest absolute Gasteiger partial charge is 0.504 e. The summed E-state index contributed by atoms with van der Waals surface area (Å²) in [5.41, 5.74) is 2.04. The summed E-state index contributed by atoms with van der Waals surface area (Å²) >= 11 is 5.09. The molecule has 0 aliphatic carbocycles. The fraction of sp³-hybridized carbons (Fsp3) is 0.143. The number of benzene rings is 2. The van der Waals surface area contributed by atoms with Crippen LogP contribution in [-0.2, 0) is 6.67 Å². The quantitative estimate of drug-likeness (QED) is 0.303. The molecule has 0 spiro atoms. The van der Waals surface area contributed by atoms with E-state index in [4.69, 9.17) is 17.0 Å². The Labute approximate surface area is 177 Å². The number of ether oxygens (including phenoxy) is 1. The van der Waals surface area contributed by atoms with Gasteiger partial charge in [-0.3, -0.25) is 14.6 Å². The van der Waals surface area contributed by atoms with Gasteiger partial charge in [-0.15, -0.1) is 0 Å². The zero-order chi connectivity index (χ0) is 21.7. The zero-order valence-corrected chi connectivity index (χ0v) is 17.2. The standard InChI is InChI=1S/C21H20N4O4S/c1-13-20(28)23-21(30)25(24-13)12-22-16-7-5-15(6-8-16)17(26)9-3-14-4-10-18(27)19(11-14)29-2/h3-11,22,27H,12H2,1-2H3,(H,23,28,30)/b9-3+. The molecule has 0 aliphatic heterocycles. The minimum Gasteiger partial charge on any atom is -0.504 e. The maximum Gasteiger partial charge on any atom is 0.273 e. The van der Waals surface area contributed by atoms with Crippen LogP contribution in [0.15, 0.2) is 53.3 Å². The van der Waals surface area contributed by atoms with E-state index in [1.54, 1.807) is 49.4 Å². The number of phenols is 1. The van der Waals surface area contributed by atoms with Gasteiger partial charge in [0, 0.05) is 11.3 Å². The van der Waals surface area contributed by atoms with Gasteiger partial charge in [-0.25, -0.2) is 4.68 Å². The monoisotopic (exact) mass is 424 g/mol. The Bertz CT molecular complexity index is 1210. The van der Waals surface area contributed by atoms with Crippen LogP contribution < -0.4 is 15.6 Å². The number of methoxy groups -OCH3 is 1. The van der Waals surface area contributed by atoms with Crippen LogP contribution in [-0.4, -0.2) is 32.8 Å². The van der Waals surface area contributed by atoms with Crippen LogP contribution in [0.3, 0.4) is 0 Å². The molecule has 154 valence electrons. The van der Waals surface area contributed by atoms with Gasteiger partial charge >= 0.3 is 0 Å². The number of aromatic amines is 1. The molecular weight excluding hydrogens is 404 g/mol. The number of aromatic hydroxyl groups is 1. The van der Waals surface area contributed by atoms with Gasteiger partial charge in [0.25, 0.3) is 5.56 Å². The van der Waals surface area contributed by atoms with Crippen molar-refractivity contribution < 1.29 is 14.6 Å². The number of rotatable bonds is 7. The Morgan fingerprint density at radius 2 is 2.03 bits per heavy atom. The van der Waals surface area contributed by atoms with E-state index in [-0.39, 0.29) is 28.5 Å². The molecule has 1 heterocycles. The number of anilines is 1. The lowest BCUT2D eigenvalue weighted by Crippen LogP contribution is -2.22. The number of phenolic OH excluding ortho intramolecular Hbond substituents is 1. The number of hydrogen-bond acceptors (Lipinski definition) is 7. The summed E-state index contributed by atoms with van der Waals surface area (Å²) in [4.78, 5) is 26.4. The Kier molecular flexibility index (Phi) is 6.43. The summed E-state index contributed by atoms with van der Waals surface area (Å²) < 4.78 is 6.75. The SMILES string of the molecule is COc1cc(/C=C/C(=O)c2ccc(NCn3nc(C)c(=O)[nH]c3=S)cc2)ccc1O. The fourth-order valence-corrected chi connectivity index (χ4v) is 2.81. The van der Waals surface area contributed by atoms with Crippen LogP contribution in [0.4, 0.5) is 5.69 Å². The Morgan fingerprint density at radius 1 is 1.30 bits per heavy atom. The fourth-order valence-electron chi connectivity index (χ4n) is 2.62. The van der Waals surface area contributed by atoms with Crippen molar-refractivity contribution in [2.75, 3.05) is 12.4 Å². The molecule has 30 heavy (non-hydrogen) atoms. The van der Waals surface area contributed by atoms with Crippen molar-refractivity contribution in [1.82, 2.24) is 14.8 Å². The van der Waals surface area contributed by atoms with Gasteiger partial charge < -0.3 is 15.2 Å². The first-order valence-corrected chi connectivity index (χ1v) is 9.39. The van der Waals surface area contributed by atoms with Crippen LogP contribution in [0.5, 0.6) is 11.5 Å². The molecular formula is C21H20N4O4S. The van der Waals surface area contributed by atoms with Crippen LogP contribution in [0, 0.1) is 11.7 Å². The molecule has 8 nitrogen and oxygen atoms in total. The summed E-state index contributed by atoms with van der Waals surface area (Å²) in [7, 11) is 1.46. The van der Waals surface area contributed by atoms with Crippen molar-refractivity contribution in [2.45, 2.75) is 13.6 Å². The number of ketones is 1. The average molecular weight is 424 g/mol. The first kappa shape index (κ1) is 21.0. The van der Waals surface area contributed by atoms with Gasteiger partial charge in [0.05, 0.1) is 7.11 Å². The van der Waals surface area contributed by atoms with Crippen molar-refractivity contribution in [3.63, 3.8) is 0 Å². The number of allylic oxidation sites excluding steroid dienone is 1. The molecule has 0 bridgehead atoms. The van der Waals surface area contributed by atoms with Crippen LogP contribution >= 0.6 is 12.2 Å². The number of carbonyl (C=O) groups excluding carboxylic acids is 1. The van der Waals surface area contributed by atoms with E-state index in [1.807, 2.05) is 0 Å². The van der Waals surface area contributed by atoms with Gasteiger partial charge in [-0.2, -0.15) is 5.10 Å². The van der Waals surface area contributed by atoms with Crippen LogP contribution in [0.2, 0.25) is 0 Å². The molecule has 3 aromatic rings. The van der Waals surface area contributed by atoms with E-state index in [1.165, 1.54) is 23.9 Å². The molecule has 1 aromatic heterocycles. The number of nitrogens with one attached hydrogen (secondary N) is 2. The second-order valence-corrected chi connectivity index (χ2v) is 6.77. The number of H-pyrrole nitrogens is 1. The smallest absolute Gasteiger partial charge is 0.273 e. The molecule has 0 saturated carbocycles. The van der Waals surface area contributed by atoms with E-state index < -0.39 is 0 Å². The maximum absolute atomic E-state index is 12.4. The summed E-state index contributed by atoms with van der Waals surface area (Å²) in [5, 5.41) is 16.9. The highest BCUT2D eigenvalue weighted by molar-refractivity contribution is 7.71. The normalized spacial score (nSPS) is 10.9. The molecule has 0 fully saturated rings. The minimum absolute atomic E-state index is 0.0395. The second-order valence-electron chi connectivity index (χ2n) is 6.39. The maximum atomic E-state index is 12.4. The van der Waals surface area contributed by atoms with E-state index in [0.717, 1.165) is 11.3 Å². The molecule has 0 saturated heterocycles. The third-order valence-electron chi connectivity index (χ3n) is 4.29. The Hall–Kier alpha value is -3.72. The lowest BCUT2D eigenvalue weighted by Gasteiger charge is -2.09. The Balaban J connectivity index is 1.65. The van der Waals surface area contributed by atoms with Crippen molar-refractivity contribution >= 4 is 29.8 Å². The first-order chi connectivity index (χ1) is 14.4. The van der Waals surface area contributed by atoms with Gasteiger partial charge in [0.1, 0.15) is 12.4 Å². The summed E-state index contributed by atoms with van der Waals surface area (Å²) in [5.74, 6) is 0.221. The van der Waals surface area contributed by atoms with Gasteiger partial charge in [-0.05, 0) is 67.2 Å². The number of nitrogens with zero attached hydrogens (tertiary/aromatic N) is 2. The summed E-state index contributed by atoms with van der Waals surface area (Å²) in [6.07, 6.45) is 3.11. The van der Waals surface area contributed by atoms with Gasteiger partial charge in [0.15, 0.2) is 22.1 Å². The van der Waals surface area contributed by atoms with Crippen molar-refractivity contribution in [2.24, 2.45) is 0 Å². The molecule has 0 amide bonds. The molecule has 2 aromatic carbocycles. The average Bonchev–Trinajstić information content (AvgIpc) is 2.75. The van der Waals surface area contributed by atoms with E-state index in [0.29, 0.717) is 17.0 Å². The lowest BCUT2D eigenvalue weighted by atomic mass is 10.1. The number of aryl methyl sites for hydroxylation is 1. The molecule has 0 unspecified atom stereocenters. The van der Waals surface area contributed by atoms with E-state index in [9.17, 15) is 14.7 Å². The van der Waals surface area contributed by atoms with Crippen LogP contribution in [0.1, 0.15) is 21.6 Å². The van der Waals surface area contributed by atoms with Gasteiger partial charge in [0.2, 0.25) is 0 Å². The molecule has 9 heteroatoms. The summed E-state index contributed by atoms with van der Waals surface area (Å²) in [6.45, 7) is 1.87. The third-order valence-corrected chi connectivity index (χ3v) is 4.60. The molecule has 0 aliphatic rings. The molecule has 3 N–H and O–H groups in total. The highest BCUT2D eigenvalue weighted by Crippen LogP contribution is 2.26. The highest BCUT2D eigenvalue weighted by atomic mass is 32.1. The molecule has 0 radical (unpaired) electrons. The minimum atomic E-state index is -0.307. The predicted molar refractivity (Wildman–Crippen MR) is 117 cm³/mol. The van der Waals surface area contributed by atoms with Crippen molar-refractivity contribution in [1.29, 1.82) is 0 Å². The zero-order valence-electron chi connectivity index (χ0n) is 16.4.